The van der Waals surface area contributed by atoms with Crippen molar-refractivity contribution in [3.63, 3.8) is 0 Å². The van der Waals surface area contributed by atoms with Crippen LogP contribution in [0.2, 0.25) is 0 Å². The summed E-state index contributed by atoms with van der Waals surface area (Å²) in [6, 6.07) is 15.5. The minimum absolute atomic E-state index is 0.106. The third kappa shape index (κ3) is 4.48. The van der Waals surface area contributed by atoms with Crippen molar-refractivity contribution in [1.82, 2.24) is 10.2 Å². The lowest BCUT2D eigenvalue weighted by molar-refractivity contribution is -0.115. The van der Waals surface area contributed by atoms with Gasteiger partial charge in [-0.2, -0.15) is 0 Å². The van der Waals surface area contributed by atoms with E-state index in [1.54, 1.807) is 0 Å². The first-order chi connectivity index (χ1) is 12.0. The number of amides is 1. The maximum absolute atomic E-state index is 12.3. The van der Waals surface area contributed by atoms with Crippen molar-refractivity contribution in [2.24, 2.45) is 0 Å². The molecule has 2 aromatic carbocycles. The smallest absolute Gasteiger partial charge is 0.277 e. The summed E-state index contributed by atoms with van der Waals surface area (Å²) in [5.41, 5.74) is 3.90. The maximum atomic E-state index is 12.3. The van der Waals surface area contributed by atoms with Crippen molar-refractivity contribution in [2.75, 3.05) is 5.32 Å². The normalized spacial score (nSPS) is 12.0. The van der Waals surface area contributed by atoms with Gasteiger partial charge in [-0.05, 0) is 50.6 Å². The van der Waals surface area contributed by atoms with Crippen molar-refractivity contribution in [2.45, 2.75) is 31.2 Å². The lowest BCUT2D eigenvalue weighted by atomic mass is 10.1. The summed E-state index contributed by atoms with van der Waals surface area (Å²) in [6.07, 6.45) is 0. The quantitative estimate of drug-likeness (QED) is 0.685. The first-order valence-electron chi connectivity index (χ1n) is 7.96. The average Bonchev–Trinajstić information content (AvgIpc) is 3.04. The van der Waals surface area contributed by atoms with Gasteiger partial charge in [0.15, 0.2) is 0 Å². The Morgan fingerprint density at radius 2 is 1.84 bits per heavy atom. The molecule has 128 valence electrons. The highest BCUT2D eigenvalue weighted by molar-refractivity contribution is 8.00. The Labute approximate surface area is 150 Å². The number of nitrogens with one attached hydrogen (secondary N) is 1. The first-order valence-corrected chi connectivity index (χ1v) is 8.84. The molecular weight excluding hydrogens is 334 g/mol. The topological polar surface area (TPSA) is 68.0 Å². The third-order valence-corrected chi connectivity index (χ3v) is 4.57. The number of nitrogens with zero attached hydrogens (tertiary/aromatic N) is 2. The largest absolute Gasteiger partial charge is 0.411 e. The van der Waals surface area contributed by atoms with Crippen molar-refractivity contribution in [1.29, 1.82) is 0 Å². The molecule has 0 spiro atoms. The molecule has 1 amide bonds. The van der Waals surface area contributed by atoms with Crippen LogP contribution in [-0.4, -0.2) is 21.4 Å². The van der Waals surface area contributed by atoms with Crippen LogP contribution in [0.4, 0.5) is 5.69 Å². The zero-order valence-corrected chi connectivity index (χ0v) is 15.1. The predicted octanol–water partition coefficient (Wildman–Crippen LogP) is 4.47. The van der Waals surface area contributed by atoms with Gasteiger partial charge in [0.1, 0.15) is 0 Å². The van der Waals surface area contributed by atoms with Gasteiger partial charge < -0.3 is 9.73 Å². The molecule has 0 unspecified atom stereocenters. The Balaban J connectivity index is 1.63. The molecule has 0 aliphatic rings. The monoisotopic (exact) mass is 353 g/mol. The molecule has 1 N–H and O–H groups in total. The Hall–Kier alpha value is -2.60. The van der Waals surface area contributed by atoms with E-state index in [1.807, 2.05) is 69.3 Å². The summed E-state index contributed by atoms with van der Waals surface area (Å²) in [7, 11) is 0. The van der Waals surface area contributed by atoms with Crippen molar-refractivity contribution >= 4 is 23.4 Å². The fourth-order valence-corrected chi connectivity index (χ4v) is 2.93. The molecule has 0 saturated heterocycles. The second-order valence-corrected chi connectivity index (χ2v) is 7.15. The van der Waals surface area contributed by atoms with Gasteiger partial charge in [0.2, 0.25) is 11.8 Å². The van der Waals surface area contributed by atoms with Gasteiger partial charge in [-0.15, -0.1) is 10.2 Å². The van der Waals surface area contributed by atoms with Crippen LogP contribution in [0.5, 0.6) is 0 Å². The molecule has 0 aliphatic carbocycles. The molecular formula is C19H19N3O2S. The number of hydrogen-bond donors (Lipinski definition) is 1. The lowest BCUT2D eigenvalue weighted by Gasteiger charge is -2.10. The molecule has 0 fully saturated rings. The molecule has 6 heteroatoms. The predicted molar refractivity (Wildman–Crippen MR) is 99.6 cm³/mol. The summed E-state index contributed by atoms with van der Waals surface area (Å²) >= 11 is 1.24. The fourth-order valence-electron chi connectivity index (χ4n) is 2.24. The number of anilines is 1. The number of hydrogen-bond acceptors (Lipinski definition) is 5. The number of benzene rings is 2. The zero-order valence-electron chi connectivity index (χ0n) is 14.3. The fraction of sp³-hybridized carbons (Fsp3) is 0.211. The second-order valence-electron chi connectivity index (χ2n) is 5.86. The summed E-state index contributed by atoms with van der Waals surface area (Å²) in [4.78, 5) is 12.3. The molecule has 3 aromatic rings. The molecule has 5 nitrogen and oxygen atoms in total. The summed E-state index contributed by atoms with van der Waals surface area (Å²) < 4.78 is 5.66. The standard InChI is InChI=1S/C19H19N3O2S/c1-12-7-9-15(10-8-12)18-21-22-19(24-18)25-14(3)17(23)20-16-6-4-5-13(2)11-16/h4-11,14H,1-3H3,(H,20,23)/t14-/m0/s1. The van der Waals surface area contributed by atoms with Crippen LogP contribution >= 0.6 is 11.8 Å². The minimum atomic E-state index is -0.355. The third-order valence-electron chi connectivity index (χ3n) is 3.64. The van der Waals surface area contributed by atoms with Gasteiger partial charge in [0.25, 0.3) is 5.22 Å². The van der Waals surface area contributed by atoms with Crippen LogP contribution in [0.25, 0.3) is 11.5 Å². The van der Waals surface area contributed by atoms with Crippen molar-refractivity contribution in [3.05, 3.63) is 59.7 Å². The van der Waals surface area contributed by atoms with Gasteiger partial charge in [0.05, 0.1) is 5.25 Å². The summed E-state index contributed by atoms with van der Waals surface area (Å²) in [5.74, 6) is 0.347. The van der Waals surface area contributed by atoms with E-state index in [2.05, 4.69) is 15.5 Å². The van der Waals surface area contributed by atoms with Crippen LogP contribution in [0, 0.1) is 13.8 Å². The van der Waals surface area contributed by atoms with Crippen LogP contribution in [0.1, 0.15) is 18.1 Å². The zero-order chi connectivity index (χ0) is 17.8. The van der Waals surface area contributed by atoms with Gasteiger partial charge in [-0.3, -0.25) is 4.79 Å². The SMILES string of the molecule is Cc1ccc(-c2nnc(S[C@@H](C)C(=O)Nc3cccc(C)c3)o2)cc1. The van der Waals surface area contributed by atoms with Crippen LogP contribution in [-0.2, 0) is 4.79 Å². The van der Waals surface area contributed by atoms with Gasteiger partial charge in [-0.25, -0.2) is 0 Å². The number of aromatic nitrogens is 2. The number of rotatable bonds is 5. The molecule has 0 radical (unpaired) electrons. The van der Waals surface area contributed by atoms with E-state index >= 15 is 0 Å². The Bertz CT molecular complexity index is 874. The molecule has 25 heavy (non-hydrogen) atoms. The van der Waals surface area contributed by atoms with E-state index in [0.717, 1.165) is 16.8 Å². The van der Waals surface area contributed by atoms with Crippen molar-refractivity contribution in [3.8, 4) is 11.5 Å². The number of aryl methyl sites for hydroxylation is 2. The maximum Gasteiger partial charge on any atom is 0.277 e. The van der Waals surface area contributed by atoms with Crippen LogP contribution in [0.3, 0.4) is 0 Å². The molecule has 1 atom stereocenters. The Kier molecular flexibility index (Phi) is 5.19. The second kappa shape index (κ2) is 7.53. The minimum Gasteiger partial charge on any atom is -0.411 e. The highest BCUT2D eigenvalue weighted by Crippen LogP contribution is 2.27. The summed E-state index contributed by atoms with van der Waals surface area (Å²) in [6.45, 7) is 5.82. The van der Waals surface area contributed by atoms with Gasteiger partial charge in [0, 0.05) is 11.3 Å². The Morgan fingerprint density at radius 3 is 2.56 bits per heavy atom. The van der Waals surface area contributed by atoms with Gasteiger partial charge in [-0.1, -0.05) is 41.6 Å². The highest BCUT2D eigenvalue weighted by atomic mass is 32.2. The molecule has 0 bridgehead atoms. The van der Waals surface area contributed by atoms with Crippen LogP contribution in [0.15, 0.2) is 58.2 Å². The van der Waals surface area contributed by atoms with E-state index in [9.17, 15) is 4.79 Å². The number of carbonyl (C=O) groups is 1. The molecule has 1 aromatic heterocycles. The average molecular weight is 353 g/mol. The lowest BCUT2D eigenvalue weighted by Crippen LogP contribution is -2.22. The van der Waals surface area contributed by atoms with E-state index in [0.29, 0.717) is 11.1 Å². The van der Waals surface area contributed by atoms with Crippen molar-refractivity contribution < 1.29 is 9.21 Å². The van der Waals surface area contributed by atoms with E-state index in [4.69, 9.17) is 4.42 Å². The van der Waals surface area contributed by atoms with E-state index in [-0.39, 0.29) is 11.2 Å². The van der Waals surface area contributed by atoms with Crippen LogP contribution < -0.4 is 5.32 Å². The van der Waals surface area contributed by atoms with E-state index < -0.39 is 0 Å². The first kappa shape index (κ1) is 17.2. The highest BCUT2D eigenvalue weighted by Gasteiger charge is 2.19. The summed E-state index contributed by atoms with van der Waals surface area (Å²) in [5, 5.41) is 11.0. The Morgan fingerprint density at radius 1 is 1.08 bits per heavy atom. The van der Waals surface area contributed by atoms with Gasteiger partial charge >= 0.3 is 0 Å². The molecule has 0 aliphatic heterocycles. The molecule has 0 saturated carbocycles. The number of thioether (sulfide) groups is 1. The van der Waals surface area contributed by atoms with E-state index in [1.165, 1.54) is 17.3 Å². The molecule has 3 rings (SSSR count). The number of carbonyl (C=O) groups excluding carboxylic acids is 1. The molecule has 1 heterocycles.